The molecule has 1 aliphatic carbocycles. The van der Waals surface area contributed by atoms with Gasteiger partial charge in [-0.1, -0.05) is 32.1 Å². The van der Waals surface area contributed by atoms with Gasteiger partial charge in [-0.3, -0.25) is 14.5 Å². The maximum atomic E-state index is 12.4. The highest BCUT2D eigenvalue weighted by Gasteiger charge is 2.25. The first-order valence-electron chi connectivity index (χ1n) is 10.0. The first-order valence-corrected chi connectivity index (χ1v) is 10.0. The summed E-state index contributed by atoms with van der Waals surface area (Å²) in [5.74, 6) is 1.37. The molecule has 24 heavy (non-hydrogen) atoms. The van der Waals surface area contributed by atoms with Crippen LogP contribution in [0.25, 0.3) is 0 Å². The molecule has 0 N–H and O–H groups in total. The van der Waals surface area contributed by atoms with E-state index in [1.54, 1.807) is 0 Å². The smallest absolute Gasteiger partial charge is 0.236 e. The number of piperazine rings is 1. The van der Waals surface area contributed by atoms with E-state index in [9.17, 15) is 9.59 Å². The molecule has 136 valence electrons. The van der Waals surface area contributed by atoms with Crippen molar-refractivity contribution in [3.63, 3.8) is 0 Å². The van der Waals surface area contributed by atoms with Crippen molar-refractivity contribution in [3.8, 4) is 0 Å². The van der Waals surface area contributed by atoms with Gasteiger partial charge in [0.05, 0.1) is 6.54 Å². The lowest BCUT2D eigenvalue weighted by Gasteiger charge is -2.35. The number of hydrogen-bond acceptors (Lipinski definition) is 3. The third-order valence-corrected chi connectivity index (χ3v) is 6.03. The zero-order valence-corrected chi connectivity index (χ0v) is 15.0. The number of carbonyl (C=O) groups excluding carboxylic acids is 2. The normalized spacial score (nSPS) is 23.7. The van der Waals surface area contributed by atoms with Gasteiger partial charge in [-0.25, -0.2) is 0 Å². The molecule has 2 aliphatic heterocycles. The molecule has 1 saturated carbocycles. The fourth-order valence-corrected chi connectivity index (χ4v) is 4.37. The highest BCUT2D eigenvalue weighted by atomic mass is 16.2. The Balaban J connectivity index is 1.33. The van der Waals surface area contributed by atoms with Crippen LogP contribution in [0.4, 0.5) is 0 Å². The van der Waals surface area contributed by atoms with Gasteiger partial charge in [-0.2, -0.15) is 0 Å². The molecular weight excluding hydrogens is 302 g/mol. The van der Waals surface area contributed by atoms with E-state index < -0.39 is 0 Å². The van der Waals surface area contributed by atoms with Crippen molar-refractivity contribution in [2.75, 3.05) is 45.8 Å². The molecule has 2 heterocycles. The zero-order valence-electron chi connectivity index (χ0n) is 15.0. The van der Waals surface area contributed by atoms with Crippen LogP contribution in [-0.2, 0) is 9.59 Å². The highest BCUT2D eigenvalue weighted by Crippen LogP contribution is 2.27. The Kier molecular flexibility index (Phi) is 6.52. The molecule has 3 rings (SSSR count). The maximum absolute atomic E-state index is 12.4. The number of hydrogen-bond donors (Lipinski definition) is 0. The first kappa shape index (κ1) is 17.7. The molecule has 0 spiro atoms. The number of carbonyl (C=O) groups is 2. The van der Waals surface area contributed by atoms with Crippen molar-refractivity contribution >= 4 is 11.8 Å². The van der Waals surface area contributed by atoms with Crippen LogP contribution in [0.15, 0.2) is 0 Å². The van der Waals surface area contributed by atoms with Gasteiger partial charge in [-0.15, -0.1) is 0 Å². The van der Waals surface area contributed by atoms with E-state index in [-0.39, 0.29) is 5.91 Å². The van der Waals surface area contributed by atoms with Crippen molar-refractivity contribution in [2.45, 2.75) is 57.8 Å². The van der Waals surface area contributed by atoms with Crippen molar-refractivity contribution in [1.29, 1.82) is 0 Å². The standard InChI is InChI=1S/C19H33N3O2/c23-18(9-8-17-6-2-1-3-7-17)22-14-12-20(13-15-22)16-19(24)21-10-4-5-11-21/h17H,1-16H2. The summed E-state index contributed by atoms with van der Waals surface area (Å²) in [4.78, 5) is 30.8. The number of nitrogens with zero attached hydrogens (tertiary/aromatic N) is 3. The molecular formula is C19H33N3O2. The minimum absolute atomic E-state index is 0.268. The summed E-state index contributed by atoms with van der Waals surface area (Å²) in [7, 11) is 0. The molecule has 0 aromatic heterocycles. The third kappa shape index (κ3) is 4.95. The lowest BCUT2D eigenvalue weighted by atomic mass is 9.86. The summed E-state index contributed by atoms with van der Waals surface area (Å²) in [6, 6.07) is 0. The molecule has 3 aliphatic rings. The Hall–Kier alpha value is -1.10. The Morgan fingerprint density at radius 2 is 1.33 bits per heavy atom. The molecule has 0 radical (unpaired) electrons. The minimum atomic E-state index is 0.268. The Labute approximate surface area is 146 Å². The summed E-state index contributed by atoms with van der Waals surface area (Å²) >= 11 is 0. The lowest BCUT2D eigenvalue weighted by Crippen LogP contribution is -2.51. The third-order valence-electron chi connectivity index (χ3n) is 6.03. The van der Waals surface area contributed by atoms with E-state index in [2.05, 4.69) is 4.90 Å². The van der Waals surface area contributed by atoms with Crippen molar-refractivity contribution < 1.29 is 9.59 Å². The summed E-state index contributed by atoms with van der Waals surface area (Å²) in [6.45, 7) is 5.65. The molecule has 0 bridgehead atoms. The van der Waals surface area contributed by atoms with Gasteiger partial charge in [0, 0.05) is 45.7 Å². The van der Waals surface area contributed by atoms with Crippen LogP contribution in [0.2, 0.25) is 0 Å². The highest BCUT2D eigenvalue weighted by molar-refractivity contribution is 5.78. The lowest BCUT2D eigenvalue weighted by molar-refractivity contribution is -0.135. The molecule has 3 fully saturated rings. The number of likely N-dealkylation sites (tertiary alicyclic amines) is 1. The van der Waals surface area contributed by atoms with Crippen LogP contribution in [0.5, 0.6) is 0 Å². The van der Waals surface area contributed by atoms with E-state index >= 15 is 0 Å². The van der Waals surface area contributed by atoms with Gasteiger partial charge in [0.25, 0.3) is 0 Å². The zero-order chi connectivity index (χ0) is 16.8. The topological polar surface area (TPSA) is 43.9 Å². The number of rotatable bonds is 5. The fraction of sp³-hybridized carbons (Fsp3) is 0.895. The van der Waals surface area contributed by atoms with E-state index in [4.69, 9.17) is 0 Å². The molecule has 2 saturated heterocycles. The fourth-order valence-electron chi connectivity index (χ4n) is 4.37. The second-order valence-electron chi connectivity index (χ2n) is 7.79. The van der Waals surface area contributed by atoms with Gasteiger partial charge >= 0.3 is 0 Å². The average molecular weight is 335 g/mol. The average Bonchev–Trinajstić information content (AvgIpc) is 3.16. The molecule has 5 heteroatoms. The van der Waals surface area contributed by atoms with E-state index in [1.807, 2.05) is 9.80 Å². The van der Waals surface area contributed by atoms with Crippen LogP contribution in [0.3, 0.4) is 0 Å². The Bertz CT molecular complexity index is 420. The molecule has 0 aromatic carbocycles. The first-order chi connectivity index (χ1) is 11.7. The molecule has 5 nitrogen and oxygen atoms in total. The van der Waals surface area contributed by atoms with Gasteiger partial charge in [0.1, 0.15) is 0 Å². The van der Waals surface area contributed by atoms with E-state index in [1.165, 1.54) is 32.1 Å². The van der Waals surface area contributed by atoms with E-state index in [0.29, 0.717) is 12.5 Å². The van der Waals surface area contributed by atoms with Crippen LogP contribution < -0.4 is 0 Å². The summed E-state index contributed by atoms with van der Waals surface area (Å²) < 4.78 is 0. The second kappa shape index (κ2) is 8.84. The largest absolute Gasteiger partial charge is 0.342 e. The predicted octanol–water partition coefficient (Wildman–Crippen LogP) is 2.11. The second-order valence-corrected chi connectivity index (χ2v) is 7.79. The van der Waals surface area contributed by atoms with E-state index in [0.717, 1.165) is 70.9 Å². The summed E-state index contributed by atoms with van der Waals surface area (Å²) in [5, 5.41) is 0. The number of amides is 2. The monoisotopic (exact) mass is 335 g/mol. The predicted molar refractivity (Wildman–Crippen MR) is 94.6 cm³/mol. The van der Waals surface area contributed by atoms with Crippen molar-refractivity contribution in [3.05, 3.63) is 0 Å². The van der Waals surface area contributed by atoms with Crippen LogP contribution in [-0.4, -0.2) is 72.3 Å². The SMILES string of the molecule is O=C(CCC1CCCCC1)N1CCN(CC(=O)N2CCCC2)CC1. The van der Waals surface area contributed by atoms with Crippen LogP contribution in [0.1, 0.15) is 57.8 Å². The van der Waals surface area contributed by atoms with Crippen LogP contribution >= 0.6 is 0 Å². The molecule has 0 atom stereocenters. The Morgan fingerprint density at radius 1 is 0.708 bits per heavy atom. The Morgan fingerprint density at radius 3 is 2.00 bits per heavy atom. The quantitative estimate of drug-likeness (QED) is 0.773. The van der Waals surface area contributed by atoms with Gasteiger partial charge in [-0.05, 0) is 25.2 Å². The summed E-state index contributed by atoms with van der Waals surface area (Å²) in [6.07, 6.45) is 10.8. The van der Waals surface area contributed by atoms with Crippen molar-refractivity contribution in [2.24, 2.45) is 5.92 Å². The van der Waals surface area contributed by atoms with Gasteiger partial charge in [0.2, 0.25) is 11.8 Å². The van der Waals surface area contributed by atoms with Gasteiger partial charge < -0.3 is 9.80 Å². The van der Waals surface area contributed by atoms with Crippen LogP contribution in [0, 0.1) is 5.92 Å². The minimum Gasteiger partial charge on any atom is -0.342 e. The van der Waals surface area contributed by atoms with Crippen molar-refractivity contribution in [1.82, 2.24) is 14.7 Å². The molecule has 2 amide bonds. The van der Waals surface area contributed by atoms with Gasteiger partial charge in [0.15, 0.2) is 0 Å². The summed E-state index contributed by atoms with van der Waals surface area (Å²) in [5.41, 5.74) is 0. The maximum Gasteiger partial charge on any atom is 0.236 e. The molecule has 0 unspecified atom stereocenters. The molecule has 0 aromatic rings.